The Morgan fingerprint density at radius 1 is 1.53 bits per heavy atom. The van der Waals surface area contributed by atoms with E-state index >= 15 is 0 Å². The van der Waals surface area contributed by atoms with Gasteiger partial charge in [-0.05, 0) is 6.92 Å². The van der Waals surface area contributed by atoms with Crippen LogP contribution in [0.3, 0.4) is 0 Å². The van der Waals surface area contributed by atoms with Gasteiger partial charge in [0.05, 0.1) is 6.61 Å². The van der Waals surface area contributed by atoms with Crippen molar-refractivity contribution in [3.05, 3.63) is 11.7 Å². The summed E-state index contributed by atoms with van der Waals surface area (Å²) in [6.07, 6.45) is 1.04. The Morgan fingerprint density at radius 3 is 2.73 bits per heavy atom. The Labute approximate surface area is 86.3 Å². The summed E-state index contributed by atoms with van der Waals surface area (Å²) in [5, 5.41) is 3.34. The van der Waals surface area contributed by atoms with E-state index in [2.05, 4.69) is 19.4 Å². The predicted molar refractivity (Wildman–Crippen MR) is 48.8 cm³/mol. The molecule has 0 fully saturated rings. The van der Waals surface area contributed by atoms with Gasteiger partial charge in [-0.25, -0.2) is 13.2 Å². The van der Waals surface area contributed by atoms with E-state index in [9.17, 15) is 13.2 Å². The second-order valence-electron chi connectivity index (χ2n) is 2.81. The van der Waals surface area contributed by atoms with Crippen LogP contribution in [0.15, 0.2) is 4.52 Å². The molecule has 0 aliphatic heterocycles. The minimum atomic E-state index is -3.24. The molecule has 8 heteroatoms. The molecule has 0 N–H and O–H groups in total. The van der Waals surface area contributed by atoms with Crippen molar-refractivity contribution in [2.75, 3.05) is 12.9 Å². The summed E-state index contributed by atoms with van der Waals surface area (Å²) in [4.78, 5) is 14.6. The fraction of sp³-hybridized carbons (Fsp3) is 0.571. The Balaban J connectivity index is 2.77. The molecule has 0 aromatic carbocycles. The fourth-order valence-corrected chi connectivity index (χ4v) is 1.41. The van der Waals surface area contributed by atoms with E-state index in [1.54, 1.807) is 6.92 Å². The molecule has 1 aromatic rings. The summed E-state index contributed by atoms with van der Waals surface area (Å²) >= 11 is 0. The number of rotatable bonds is 4. The van der Waals surface area contributed by atoms with Gasteiger partial charge in [-0.1, -0.05) is 5.16 Å². The number of hydrogen-bond acceptors (Lipinski definition) is 7. The Bertz CT molecular complexity index is 450. The Kier molecular flexibility index (Phi) is 3.40. The van der Waals surface area contributed by atoms with Gasteiger partial charge in [0, 0.05) is 6.26 Å². The summed E-state index contributed by atoms with van der Waals surface area (Å²) in [5.41, 5.74) is 0. The highest BCUT2D eigenvalue weighted by atomic mass is 32.2. The first-order valence-corrected chi connectivity index (χ1v) is 6.16. The summed E-state index contributed by atoms with van der Waals surface area (Å²) in [6.45, 7) is 1.81. The molecule has 84 valence electrons. The summed E-state index contributed by atoms with van der Waals surface area (Å²) in [5.74, 6) is -1.52. The van der Waals surface area contributed by atoms with Crippen molar-refractivity contribution in [1.29, 1.82) is 0 Å². The van der Waals surface area contributed by atoms with E-state index in [4.69, 9.17) is 0 Å². The van der Waals surface area contributed by atoms with E-state index in [0.29, 0.717) is 0 Å². The molecule has 0 aliphatic rings. The summed E-state index contributed by atoms with van der Waals surface area (Å²) in [7, 11) is -3.24. The van der Waals surface area contributed by atoms with Gasteiger partial charge < -0.3 is 9.26 Å². The van der Waals surface area contributed by atoms with E-state index < -0.39 is 15.8 Å². The molecule has 0 saturated carbocycles. The quantitative estimate of drug-likeness (QED) is 0.664. The van der Waals surface area contributed by atoms with Gasteiger partial charge in [-0.2, -0.15) is 4.98 Å². The number of carbonyl (C=O) groups excluding carboxylic acids is 1. The van der Waals surface area contributed by atoms with Gasteiger partial charge in [0.1, 0.15) is 5.75 Å². The zero-order valence-electron chi connectivity index (χ0n) is 8.26. The van der Waals surface area contributed by atoms with E-state index in [1.165, 1.54) is 0 Å². The molecule has 0 unspecified atom stereocenters. The molecule has 0 spiro atoms. The molecule has 0 aliphatic carbocycles. The molecular formula is C7H10N2O5S. The van der Waals surface area contributed by atoms with E-state index in [-0.39, 0.29) is 24.1 Å². The number of esters is 1. The predicted octanol–water partition coefficient (Wildman–Crippen LogP) is -0.209. The van der Waals surface area contributed by atoms with Crippen LogP contribution in [0.5, 0.6) is 0 Å². The molecule has 0 radical (unpaired) electrons. The van der Waals surface area contributed by atoms with Crippen molar-refractivity contribution in [2.24, 2.45) is 0 Å². The second kappa shape index (κ2) is 4.39. The highest BCUT2D eigenvalue weighted by Crippen LogP contribution is 2.03. The molecule has 15 heavy (non-hydrogen) atoms. The number of ether oxygens (including phenoxy) is 1. The lowest BCUT2D eigenvalue weighted by Gasteiger charge is -1.93. The molecule has 0 bridgehead atoms. The molecule has 1 aromatic heterocycles. The van der Waals surface area contributed by atoms with Crippen molar-refractivity contribution < 1.29 is 22.5 Å². The lowest BCUT2D eigenvalue weighted by atomic mass is 10.6. The first-order valence-electron chi connectivity index (χ1n) is 4.10. The van der Waals surface area contributed by atoms with Crippen molar-refractivity contribution in [3.8, 4) is 0 Å². The molecule has 1 heterocycles. The van der Waals surface area contributed by atoms with Gasteiger partial charge in [0.15, 0.2) is 15.7 Å². The minimum absolute atomic E-state index is 0.0550. The monoisotopic (exact) mass is 234 g/mol. The zero-order valence-corrected chi connectivity index (χ0v) is 9.07. The van der Waals surface area contributed by atoms with Crippen molar-refractivity contribution >= 4 is 15.8 Å². The maximum Gasteiger partial charge on any atom is 0.397 e. The van der Waals surface area contributed by atoms with Gasteiger partial charge in [0.2, 0.25) is 0 Å². The standard InChI is InChI=1S/C7H10N2O5S/c1-3-13-7(10)6-8-5(9-14-6)4-15(2,11)12/h3-4H2,1-2H3. The number of carbonyl (C=O) groups is 1. The van der Waals surface area contributed by atoms with Crippen LogP contribution in [0.2, 0.25) is 0 Å². The molecule has 0 atom stereocenters. The normalized spacial score (nSPS) is 11.3. The molecule has 0 amide bonds. The Morgan fingerprint density at radius 2 is 2.20 bits per heavy atom. The fourth-order valence-electron chi connectivity index (χ4n) is 0.823. The maximum atomic E-state index is 11.1. The number of hydrogen-bond donors (Lipinski definition) is 0. The van der Waals surface area contributed by atoms with Gasteiger partial charge in [-0.3, -0.25) is 0 Å². The summed E-state index contributed by atoms with van der Waals surface area (Å²) < 4.78 is 30.8. The third-order valence-electron chi connectivity index (χ3n) is 1.31. The number of sulfone groups is 1. The van der Waals surface area contributed by atoms with Gasteiger partial charge >= 0.3 is 11.9 Å². The molecule has 7 nitrogen and oxygen atoms in total. The third-order valence-corrected chi connectivity index (χ3v) is 2.09. The molecule has 1 rings (SSSR count). The zero-order chi connectivity index (χ0) is 11.5. The highest BCUT2D eigenvalue weighted by molar-refractivity contribution is 7.89. The SMILES string of the molecule is CCOC(=O)c1nc(CS(C)(=O)=O)no1. The lowest BCUT2D eigenvalue weighted by Crippen LogP contribution is -2.06. The number of aromatic nitrogens is 2. The van der Waals surface area contributed by atoms with Crippen LogP contribution in [-0.2, 0) is 20.3 Å². The summed E-state index contributed by atoms with van der Waals surface area (Å²) in [6, 6.07) is 0. The largest absolute Gasteiger partial charge is 0.459 e. The minimum Gasteiger partial charge on any atom is -0.459 e. The van der Waals surface area contributed by atoms with Gasteiger partial charge in [0.25, 0.3) is 0 Å². The smallest absolute Gasteiger partial charge is 0.397 e. The highest BCUT2D eigenvalue weighted by Gasteiger charge is 2.18. The van der Waals surface area contributed by atoms with Crippen LogP contribution in [0.1, 0.15) is 23.4 Å². The van der Waals surface area contributed by atoms with E-state index in [0.717, 1.165) is 6.26 Å². The lowest BCUT2D eigenvalue weighted by molar-refractivity contribution is 0.0470. The molecule has 0 saturated heterocycles. The van der Waals surface area contributed by atoms with Crippen LogP contribution in [-0.4, -0.2) is 37.4 Å². The average molecular weight is 234 g/mol. The van der Waals surface area contributed by atoms with Crippen LogP contribution < -0.4 is 0 Å². The third kappa shape index (κ3) is 3.66. The van der Waals surface area contributed by atoms with Crippen molar-refractivity contribution in [2.45, 2.75) is 12.7 Å². The van der Waals surface area contributed by atoms with Crippen LogP contribution in [0.4, 0.5) is 0 Å². The van der Waals surface area contributed by atoms with Crippen LogP contribution >= 0.6 is 0 Å². The number of nitrogens with zero attached hydrogens (tertiary/aromatic N) is 2. The topological polar surface area (TPSA) is 99.4 Å². The van der Waals surface area contributed by atoms with Crippen molar-refractivity contribution in [1.82, 2.24) is 10.1 Å². The maximum absolute atomic E-state index is 11.1. The first-order chi connectivity index (χ1) is 6.92. The van der Waals surface area contributed by atoms with Crippen LogP contribution in [0.25, 0.3) is 0 Å². The van der Waals surface area contributed by atoms with Crippen LogP contribution in [0, 0.1) is 0 Å². The first kappa shape index (κ1) is 11.6. The molecular weight excluding hydrogens is 224 g/mol. The van der Waals surface area contributed by atoms with E-state index in [1.807, 2.05) is 0 Å². The second-order valence-corrected chi connectivity index (χ2v) is 4.95. The van der Waals surface area contributed by atoms with Crippen molar-refractivity contribution in [3.63, 3.8) is 0 Å². The van der Waals surface area contributed by atoms with Gasteiger partial charge in [-0.15, -0.1) is 0 Å². The average Bonchev–Trinajstić information content (AvgIpc) is 2.50. The Hall–Kier alpha value is -1.44.